The molecule has 3 aliphatic rings. The molecule has 0 N–H and O–H groups in total. The first-order valence-corrected chi connectivity index (χ1v) is 13.5. The molecule has 184 valence electrons. The number of likely N-dealkylation sites (tertiary alicyclic amines) is 1. The zero-order valence-electron chi connectivity index (χ0n) is 20.3. The van der Waals surface area contributed by atoms with Gasteiger partial charge in [-0.25, -0.2) is 0 Å². The van der Waals surface area contributed by atoms with Gasteiger partial charge in [0.25, 0.3) is 5.91 Å². The van der Waals surface area contributed by atoms with Gasteiger partial charge in [0.05, 0.1) is 12.1 Å². The number of benzene rings is 1. The zero-order chi connectivity index (χ0) is 23.3. The molecule has 4 rings (SSSR count). The molecule has 1 heterocycles. The van der Waals surface area contributed by atoms with E-state index in [2.05, 4.69) is 19.1 Å². The minimum absolute atomic E-state index is 0.0307. The minimum Gasteiger partial charge on any atom is -0.490 e. The molecule has 2 atom stereocenters. The van der Waals surface area contributed by atoms with Crippen LogP contribution in [0.15, 0.2) is 24.3 Å². The molecule has 0 aromatic heterocycles. The van der Waals surface area contributed by atoms with Crippen LogP contribution in [-0.4, -0.2) is 67.8 Å². The lowest BCUT2D eigenvalue weighted by Crippen LogP contribution is -2.77. The van der Waals surface area contributed by atoms with Crippen molar-refractivity contribution in [3.8, 4) is 5.75 Å². The van der Waals surface area contributed by atoms with E-state index in [0.717, 1.165) is 42.1 Å². The van der Waals surface area contributed by atoms with Crippen molar-refractivity contribution in [3.05, 3.63) is 29.8 Å². The molecular weight excluding hydrogens is 438 g/mol. The number of methoxy groups -OCH3 is 2. The Bertz CT molecular complexity index is 791. The summed E-state index contributed by atoms with van der Waals surface area (Å²) < 4.78 is 23.1. The van der Waals surface area contributed by atoms with Crippen molar-refractivity contribution in [2.24, 2.45) is 5.41 Å². The summed E-state index contributed by atoms with van der Waals surface area (Å²) in [6.07, 6.45) is 9.60. The largest absolute Gasteiger partial charge is 0.490 e. The standard InChI is InChI=1S/C26H39NO5S/c1-4-14-33-17-23-26(31-19-30-3,24(28)27(23)18-29-2)16-20-6-5-7-22(15-20)32-21-8-10-25(11-9-21)12-13-25/h5-7,15,21,23H,4,8-14,16-19H2,1-3H3/t23-,26+/m0/s1. The lowest BCUT2D eigenvalue weighted by Gasteiger charge is -2.55. The molecule has 0 bridgehead atoms. The Hall–Kier alpha value is -1.28. The van der Waals surface area contributed by atoms with Gasteiger partial charge < -0.3 is 23.8 Å². The molecule has 2 saturated carbocycles. The van der Waals surface area contributed by atoms with Gasteiger partial charge in [0.1, 0.15) is 19.3 Å². The molecular formula is C26H39NO5S. The first kappa shape index (κ1) is 24.8. The van der Waals surface area contributed by atoms with Crippen LogP contribution in [0.25, 0.3) is 0 Å². The van der Waals surface area contributed by atoms with Crippen molar-refractivity contribution >= 4 is 17.7 Å². The summed E-state index contributed by atoms with van der Waals surface area (Å²) in [5.41, 5.74) is 0.779. The average molecular weight is 478 g/mol. The predicted molar refractivity (Wildman–Crippen MR) is 131 cm³/mol. The number of rotatable bonds is 13. The number of amides is 1. The van der Waals surface area contributed by atoms with E-state index in [1.165, 1.54) is 25.7 Å². The Morgan fingerprint density at radius 3 is 2.58 bits per heavy atom. The Morgan fingerprint density at radius 2 is 1.91 bits per heavy atom. The summed E-state index contributed by atoms with van der Waals surface area (Å²) >= 11 is 1.85. The van der Waals surface area contributed by atoms with Crippen molar-refractivity contribution in [3.63, 3.8) is 0 Å². The van der Waals surface area contributed by atoms with Crippen LogP contribution in [0.3, 0.4) is 0 Å². The van der Waals surface area contributed by atoms with Gasteiger partial charge in [0.2, 0.25) is 0 Å². The predicted octanol–water partition coefficient (Wildman–Crippen LogP) is 4.65. The van der Waals surface area contributed by atoms with Crippen LogP contribution < -0.4 is 4.74 Å². The van der Waals surface area contributed by atoms with Crippen molar-refractivity contribution in [1.29, 1.82) is 0 Å². The number of β-lactam (4-membered cyclic amide) rings is 1. The molecule has 1 spiro atoms. The fourth-order valence-electron chi connectivity index (χ4n) is 5.35. The molecule has 1 aliphatic heterocycles. The highest BCUT2D eigenvalue weighted by atomic mass is 32.2. The average Bonchev–Trinajstić information content (AvgIpc) is 3.59. The van der Waals surface area contributed by atoms with E-state index in [1.54, 1.807) is 19.1 Å². The van der Waals surface area contributed by atoms with Gasteiger partial charge in [-0.15, -0.1) is 0 Å². The highest BCUT2D eigenvalue weighted by Gasteiger charge is 2.61. The fourth-order valence-corrected chi connectivity index (χ4v) is 6.48. The number of hydrogen-bond acceptors (Lipinski definition) is 6. The number of nitrogens with zero attached hydrogens (tertiary/aromatic N) is 1. The van der Waals surface area contributed by atoms with Crippen LogP contribution in [-0.2, 0) is 25.4 Å². The monoisotopic (exact) mass is 477 g/mol. The second-order valence-corrected chi connectivity index (χ2v) is 11.0. The van der Waals surface area contributed by atoms with Gasteiger partial charge in [-0.3, -0.25) is 4.79 Å². The topological polar surface area (TPSA) is 57.2 Å². The number of carbonyl (C=O) groups excluding carboxylic acids is 1. The zero-order valence-corrected chi connectivity index (χ0v) is 21.2. The number of hydrogen-bond donors (Lipinski definition) is 0. The van der Waals surface area contributed by atoms with Crippen LogP contribution >= 0.6 is 11.8 Å². The van der Waals surface area contributed by atoms with Gasteiger partial charge in [-0.2, -0.15) is 11.8 Å². The van der Waals surface area contributed by atoms with Gasteiger partial charge in [0.15, 0.2) is 5.60 Å². The van der Waals surface area contributed by atoms with Crippen LogP contribution in [0.4, 0.5) is 0 Å². The van der Waals surface area contributed by atoms with E-state index in [9.17, 15) is 4.79 Å². The quantitative estimate of drug-likeness (QED) is 0.234. The Labute approximate surface area is 202 Å². The number of carbonyl (C=O) groups is 1. The van der Waals surface area contributed by atoms with Gasteiger partial charge in [-0.1, -0.05) is 19.1 Å². The second-order valence-electron chi connectivity index (χ2n) is 9.87. The lowest BCUT2D eigenvalue weighted by atomic mass is 9.78. The molecule has 0 unspecified atom stereocenters. The maximum atomic E-state index is 13.3. The first-order valence-electron chi connectivity index (χ1n) is 12.3. The molecule has 3 fully saturated rings. The molecule has 2 aliphatic carbocycles. The normalized spacial score (nSPS) is 26.5. The van der Waals surface area contributed by atoms with Crippen LogP contribution in [0.2, 0.25) is 0 Å². The van der Waals surface area contributed by atoms with Gasteiger partial charge in [0, 0.05) is 26.4 Å². The van der Waals surface area contributed by atoms with Crippen molar-refractivity contribution < 1.29 is 23.7 Å². The van der Waals surface area contributed by atoms with E-state index in [4.69, 9.17) is 18.9 Å². The highest BCUT2D eigenvalue weighted by Crippen LogP contribution is 2.56. The molecule has 0 radical (unpaired) electrons. The molecule has 1 aromatic rings. The summed E-state index contributed by atoms with van der Waals surface area (Å²) in [6, 6.07) is 8.14. The Morgan fingerprint density at radius 1 is 1.12 bits per heavy atom. The van der Waals surface area contributed by atoms with Gasteiger partial charge in [-0.05, 0) is 73.8 Å². The van der Waals surface area contributed by atoms with Crippen molar-refractivity contribution in [1.82, 2.24) is 4.90 Å². The third kappa shape index (κ3) is 5.53. The molecule has 7 heteroatoms. The highest BCUT2D eigenvalue weighted by molar-refractivity contribution is 7.99. The van der Waals surface area contributed by atoms with Crippen molar-refractivity contribution in [2.75, 3.05) is 39.2 Å². The lowest BCUT2D eigenvalue weighted by molar-refractivity contribution is -0.229. The van der Waals surface area contributed by atoms with E-state index in [1.807, 2.05) is 23.9 Å². The van der Waals surface area contributed by atoms with Crippen LogP contribution in [0.1, 0.15) is 57.4 Å². The summed E-state index contributed by atoms with van der Waals surface area (Å²) in [6.45, 7) is 2.53. The third-order valence-electron chi connectivity index (χ3n) is 7.48. The summed E-state index contributed by atoms with van der Waals surface area (Å²) in [5, 5.41) is 0. The molecule has 1 aromatic carbocycles. The Balaban J connectivity index is 1.46. The minimum atomic E-state index is -0.933. The van der Waals surface area contributed by atoms with E-state index in [0.29, 0.717) is 17.9 Å². The number of thioether (sulfide) groups is 1. The first-order chi connectivity index (χ1) is 16.1. The molecule has 33 heavy (non-hydrogen) atoms. The van der Waals surface area contributed by atoms with Crippen molar-refractivity contribution in [2.45, 2.75) is 76.0 Å². The fraction of sp³-hybridized carbons (Fsp3) is 0.731. The van der Waals surface area contributed by atoms with E-state index >= 15 is 0 Å². The Kier molecular flexibility index (Phi) is 8.26. The van der Waals surface area contributed by atoms with E-state index in [-0.39, 0.29) is 25.5 Å². The third-order valence-corrected chi connectivity index (χ3v) is 8.73. The number of ether oxygens (including phenoxy) is 4. The second kappa shape index (κ2) is 11.0. The SMILES string of the molecule is CCCSC[C@@H]1N(COC)C(=O)[C@]1(Cc1cccc(OC2CCC3(CC2)CC3)c1)OCOC. The maximum absolute atomic E-state index is 13.3. The van der Waals surface area contributed by atoms with E-state index < -0.39 is 5.60 Å². The van der Waals surface area contributed by atoms with Crippen LogP contribution in [0.5, 0.6) is 5.75 Å². The van der Waals surface area contributed by atoms with Gasteiger partial charge >= 0.3 is 0 Å². The molecule has 1 amide bonds. The van der Waals surface area contributed by atoms with Crippen LogP contribution in [0, 0.1) is 5.41 Å². The maximum Gasteiger partial charge on any atom is 0.259 e. The summed E-state index contributed by atoms with van der Waals surface area (Å²) in [7, 11) is 3.21. The summed E-state index contributed by atoms with van der Waals surface area (Å²) in [5.74, 6) is 2.73. The smallest absolute Gasteiger partial charge is 0.259 e. The summed E-state index contributed by atoms with van der Waals surface area (Å²) in [4.78, 5) is 15.1. The molecule has 6 nitrogen and oxygen atoms in total. The molecule has 1 saturated heterocycles.